The number of morpholine rings is 1. The molecule has 4 rings (SSSR count). The van der Waals surface area contributed by atoms with Crippen LogP contribution in [0.1, 0.15) is 21.5 Å². The number of aryl methyl sites for hydroxylation is 2. The van der Waals surface area contributed by atoms with Gasteiger partial charge in [0.15, 0.2) is 0 Å². The first-order valence-corrected chi connectivity index (χ1v) is 14.2. The molecule has 1 amide bonds. The summed E-state index contributed by atoms with van der Waals surface area (Å²) in [4.78, 5) is 13.0. The van der Waals surface area contributed by atoms with Crippen molar-refractivity contribution < 1.29 is 26.4 Å². The van der Waals surface area contributed by atoms with Crippen molar-refractivity contribution >= 4 is 37.3 Å². The third-order valence-corrected chi connectivity index (χ3v) is 9.20. The maximum Gasteiger partial charge on any atom is 0.262 e. The van der Waals surface area contributed by atoms with E-state index in [1.54, 1.807) is 37.3 Å². The standard InChI is InChI=1S/C25H27N3O6S2/c1-18-3-7-22(8-4-18)27-35(30,31)24-17-20(6-5-19(24)2)25(29)26-21-9-11-23(12-10-21)36(32,33)28-13-15-34-16-14-28/h3-12,17,27H,13-16H2,1-2H3,(H,26,29). The van der Waals surface area contributed by atoms with Crippen LogP contribution in [0.2, 0.25) is 0 Å². The Hall–Kier alpha value is -3.25. The number of nitrogens with one attached hydrogen (secondary N) is 2. The maximum atomic E-state index is 13.0. The second kappa shape index (κ2) is 10.4. The quantitative estimate of drug-likeness (QED) is 0.484. The summed E-state index contributed by atoms with van der Waals surface area (Å²) >= 11 is 0. The van der Waals surface area contributed by atoms with Crippen LogP contribution in [0.4, 0.5) is 11.4 Å². The lowest BCUT2D eigenvalue weighted by atomic mass is 10.1. The van der Waals surface area contributed by atoms with E-state index in [0.717, 1.165) is 5.56 Å². The molecule has 11 heteroatoms. The number of amides is 1. The summed E-state index contributed by atoms with van der Waals surface area (Å²) < 4.78 is 60.6. The molecule has 3 aromatic rings. The van der Waals surface area contributed by atoms with E-state index >= 15 is 0 Å². The van der Waals surface area contributed by atoms with E-state index < -0.39 is 26.0 Å². The van der Waals surface area contributed by atoms with Crippen LogP contribution >= 0.6 is 0 Å². The average Bonchev–Trinajstić information content (AvgIpc) is 2.86. The van der Waals surface area contributed by atoms with Gasteiger partial charge in [-0.2, -0.15) is 4.31 Å². The summed E-state index contributed by atoms with van der Waals surface area (Å²) in [6.07, 6.45) is 0. The van der Waals surface area contributed by atoms with E-state index in [1.807, 2.05) is 6.92 Å². The molecule has 0 spiro atoms. The number of rotatable bonds is 7. The predicted octanol–water partition coefficient (Wildman–Crippen LogP) is 3.38. The van der Waals surface area contributed by atoms with Gasteiger partial charge in [-0.1, -0.05) is 23.8 Å². The molecule has 190 valence electrons. The molecule has 9 nitrogen and oxygen atoms in total. The predicted molar refractivity (Wildman–Crippen MR) is 137 cm³/mol. The number of sulfonamides is 2. The van der Waals surface area contributed by atoms with E-state index in [-0.39, 0.29) is 28.4 Å². The van der Waals surface area contributed by atoms with Crippen LogP contribution < -0.4 is 10.0 Å². The van der Waals surface area contributed by atoms with Crippen molar-refractivity contribution in [2.24, 2.45) is 0 Å². The van der Waals surface area contributed by atoms with Crippen LogP contribution in [0.15, 0.2) is 76.5 Å². The molecule has 0 saturated carbocycles. The minimum absolute atomic E-state index is 0.0114. The third-order valence-electron chi connectivity index (χ3n) is 5.76. The SMILES string of the molecule is Cc1ccc(NS(=O)(=O)c2cc(C(=O)Nc3ccc(S(=O)(=O)N4CCOCC4)cc3)ccc2C)cc1. The van der Waals surface area contributed by atoms with Gasteiger partial charge in [-0.25, -0.2) is 16.8 Å². The summed E-state index contributed by atoms with van der Waals surface area (Å²) in [5.74, 6) is -0.523. The second-order valence-corrected chi connectivity index (χ2v) is 12.0. The monoisotopic (exact) mass is 529 g/mol. The Balaban J connectivity index is 1.50. The van der Waals surface area contributed by atoms with Gasteiger partial charge in [0.2, 0.25) is 10.0 Å². The van der Waals surface area contributed by atoms with Gasteiger partial charge in [-0.15, -0.1) is 0 Å². The number of carbonyl (C=O) groups is 1. The molecular weight excluding hydrogens is 502 g/mol. The van der Waals surface area contributed by atoms with E-state index in [2.05, 4.69) is 10.0 Å². The number of hydrogen-bond acceptors (Lipinski definition) is 6. The summed E-state index contributed by atoms with van der Waals surface area (Å²) in [7, 11) is -7.58. The maximum absolute atomic E-state index is 13.0. The molecule has 2 N–H and O–H groups in total. The van der Waals surface area contributed by atoms with E-state index in [0.29, 0.717) is 30.2 Å². The third kappa shape index (κ3) is 5.76. The van der Waals surface area contributed by atoms with Crippen molar-refractivity contribution in [3.63, 3.8) is 0 Å². The summed E-state index contributed by atoms with van der Waals surface area (Å²) in [5.41, 5.74) is 2.43. The molecule has 0 atom stereocenters. The Morgan fingerprint density at radius 3 is 2.08 bits per heavy atom. The number of nitrogens with zero attached hydrogens (tertiary/aromatic N) is 1. The van der Waals surface area contributed by atoms with Gasteiger partial charge in [0.25, 0.3) is 15.9 Å². The normalized spacial score (nSPS) is 14.8. The van der Waals surface area contributed by atoms with Crippen LogP contribution in [0.5, 0.6) is 0 Å². The fraction of sp³-hybridized carbons (Fsp3) is 0.240. The summed E-state index contributed by atoms with van der Waals surface area (Å²) in [5, 5.41) is 2.69. The van der Waals surface area contributed by atoms with E-state index in [9.17, 15) is 21.6 Å². The van der Waals surface area contributed by atoms with Crippen molar-refractivity contribution in [3.05, 3.63) is 83.4 Å². The molecule has 1 aliphatic rings. The lowest BCUT2D eigenvalue weighted by Crippen LogP contribution is -2.40. The highest BCUT2D eigenvalue weighted by Crippen LogP contribution is 2.23. The van der Waals surface area contributed by atoms with Crippen LogP contribution in [0.3, 0.4) is 0 Å². The zero-order chi connectivity index (χ0) is 25.9. The van der Waals surface area contributed by atoms with Crippen molar-refractivity contribution in [2.75, 3.05) is 36.3 Å². The molecule has 1 saturated heterocycles. The topological polar surface area (TPSA) is 122 Å². The van der Waals surface area contributed by atoms with Gasteiger partial charge in [-0.05, 0) is 67.9 Å². The van der Waals surface area contributed by atoms with Crippen molar-refractivity contribution in [2.45, 2.75) is 23.6 Å². The number of anilines is 2. The van der Waals surface area contributed by atoms with Gasteiger partial charge in [0, 0.05) is 30.0 Å². The van der Waals surface area contributed by atoms with Gasteiger partial charge in [-0.3, -0.25) is 9.52 Å². The Kier molecular flexibility index (Phi) is 7.46. The van der Waals surface area contributed by atoms with Crippen LogP contribution in [-0.4, -0.2) is 53.4 Å². The Morgan fingerprint density at radius 1 is 0.833 bits per heavy atom. The molecule has 0 unspecified atom stereocenters. The number of hydrogen-bond donors (Lipinski definition) is 2. The zero-order valence-corrected chi connectivity index (χ0v) is 21.5. The molecule has 1 fully saturated rings. The number of benzene rings is 3. The Morgan fingerprint density at radius 2 is 1.44 bits per heavy atom. The zero-order valence-electron chi connectivity index (χ0n) is 19.9. The fourth-order valence-electron chi connectivity index (χ4n) is 3.71. The summed E-state index contributed by atoms with van der Waals surface area (Å²) in [6.45, 7) is 4.83. The largest absolute Gasteiger partial charge is 0.379 e. The Bertz CT molecular complexity index is 1460. The summed E-state index contributed by atoms with van der Waals surface area (Å²) in [6, 6.07) is 17.2. The lowest BCUT2D eigenvalue weighted by Gasteiger charge is -2.26. The minimum Gasteiger partial charge on any atom is -0.379 e. The minimum atomic E-state index is -3.93. The molecule has 0 bridgehead atoms. The highest BCUT2D eigenvalue weighted by atomic mass is 32.2. The first-order valence-electron chi connectivity index (χ1n) is 11.3. The molecule has 0 aliphatic carbocycles. The smallest absolute Gasteiger partial charge is 0.262 e. The van der Waals surface area contributed by atoms with E-state index in [1.165, 1.54) is 40.7 Å². The lowest BCUT2D eigenvalue weighted by molar-refractivity contribution is 0.0730. The fourth-order valence-corrected chi connectivity index (χ4v) is 6.45. The van der Waals surface area contributed by atoms with E-state index in [4.69, 9.17) is 4.74 Å². The Labute approximate surface area is 211 Å². The van der Waals surface area contributed by atoms with Gasteiger partial charge in [0.1, 0.15) is 0 Å². The molecular formula is C25H27N3O6S2. The first-order chi connectivity index (χ1) is 17.1. The van der Waals surface area contributed by atoms with Crippen LogP contribution in [0, 0.1) is 13.8 Å². The first kappa shape index (κ1) is 25.8. The molecule has 3 aromatic carbocycles. The molecule has 1 aliphatic heterocycles. The van der Waals surface area contributed by atoms with Crippen molar-refractivity contribution in [3.8, 4) is 0 Å². The van der Waals surface area contributed by atoms with Crippen LogP contribution in [0.25, 0.3) is 0 Å². The van der Waals surface area contributed by atoms with Gasteiger partial charge >= 0.3 is 0 Å². The van der Waals surface area contributed by atoms with Crippen molar-refractivity contribution in [1.29, 1.82) is 0 Å². The number of carbonyl (C=O) groups excluding carboxylic acids is 1. The molecule has 0 radical (unpaired) electrons. The molecule has 36 heavy (non-hydrogen) atoms. The number of ether oxygens (including phenoxy) is 1. The van der Waals surface area contributed by atoms with Gasteiger partial charge in [0.05, 0.1) is 23.0 Å². The van der Waals surface area contributed by atoms with Crippen LogP contribution in [-0.2, 0) is 24.8 Å². The highest BCUT2D eigenvalue weighted by Gasteiger charge is 2.26. The van der Waals surface area contributed by atoms with Crippen molar-refractivity contribution in [1.82, 2.24) is 4.31 Å². The molecule has 1 heterocycles. The average molecular weight is 530 g/mol. The highest BCUT2D eigenvalue weighted by molar-refractivity contribution is 7.92. The van der Waals surface area contributed by atoms with Gasteiger partial charge < -0.3 is 10.1 Å². The molecule has 0 aromatic heterocycles. The second-order valence-electron chi connectivity index (χ2n) is 8.45.